The van der Waals surface area contributed by atoms with Crippen molar-refractivity contribution < 1.29 is 0 Å². The zero-order chi connectivity index (χ0) is 11.4. The van der Waals surface area contributed by atoms with E-state index < -0.39 is 0 Å². The Morgan fingerprint density at radius 3 is 3.00 bits per heavy atom. The molecule has 1 N–H and O–H groups in total. The van der Waals surface area contributed by atoms with Gasteiger partial charge in [0.25, 0.3) is 0 Å². The lowest BCUT2D eigenvalue weighted by molar-refractivity contribution is 0.987. The van der Waals surface area contributed by atoms with Crippen LogP contribution in [0.3, 0.4) is 0 Å². The van der Waals surface area contributed by atoms with Gasteiger partial charge in [-0.3, -0.25) is 0 Å². The zero-order valence-corrected chi connectivity index (χ0v) is 10.6. The summed E-state index contributed by atoms with van der Waals surface area (Å²) in [5.41, 5.74) is 2.16. The molecule has 2 rings (SSSR count). The van der Waals surface area contributed by atoms with Crippen molar-refractivity contribution in [2.45, 2.75) is 13.3 Å². The third kappa shape index (κ3) is 3.22. The van der Waals surface area contributed by atoms with Gasteiger partial charge in [0.15, 0.2) is 0 Å². The van der Waals surface area contributed by atoms with Crippen molar-refractivity contribution >= 4 is 28.6 Å². The minimum absolute atomic E-state index is 0.759. The smallest absolute Gasteiger partial charge is 0.0945 e. The molecule has 1 aromatic heterocycles. The van der Waals surface area contributed by atoms with Crippen LogP contribution in [0.5, 0.6) is 0 Å². The number of benzene rings is 1. The molecule has 1 aromatic carbocycles. The van der Waals surface area contributed by atoms with Crippen LogP contribution in [0.1, 0.15) is 10.7 Å². The Labute approximate surface area is 104 Å². The molecule has 0 aliphatic carbocycles. The molecule has 1 heterocycles. The number of hydrogen-bond acceptors (Lipinski definition) is 3. The standard InChI is InChI=1S/C12H13ClN2S/c1-9-8-16-12(15-9)5-6-14-11-4-2-3-10(13)7-11/h2-4,7-8,14H,5-6H2,1H3. The van der Waals surface area contributed by atoms with Gasteiger partial charge in [-0.15, -0.1) is 11.3 Å². The van der Waals surface area contributed by atoms with Crippen LogP contribution in [0, 0.1) is 6.92 Å². The van der Waals surface area contributed by atoms with Gasteiger partial charge in [-0.25, -0.2) is 4.98 Å². The third-order valence-corrected chi connectivity index (χ3v) is 3.42. The predicted octanol–water partition coefficient (Wildman–Crippen LogP) is 3.76. The number of nitrogens with zero attached hydrogens (tertiary/aromatic N) is 1. The summed E-state index contributed by atoms with van der Waals surface area (Å²) in [6, 6.07) is 7.75. The van der Waals surface area contributed by atoms with Gasteiger partial charge >= 0.3 is 0 Å². The fourth-order valence-electron chi connectivity index (χ4n) is 1.43. The van der Waals surface area contributed by atoms with Crippen LogP contribution in [0.15, 0.2) is 29.6 Å². The van der Waals surface area contributed by atoms with E-state index >= 15 is 0 Å². The fourth-order valence-corrected chi connectivity index (χ4v) is 2.40. The highest BCUT2D eigenvalue weighted by Gasteiger charge is 1.98. The molecule has 2 nitrogen and oxygen atoms in total. The largest absolute Gasteiger partial charge is 0.385 e. The van der Waals surface area contributed by atoms with Gasteiger partial charge in [0.2, 0.25) is 0 Å². The average molecular weight is 253 g/mol. The molecule has 0 spiro atoms. The van der Waals surface area contributed by atoms with E-state index in [1.807, 2.05) is 31.2 Å². The molecule has 16 heavy (non-hydrogen) atoms. The fraction of sp³-hybridized carbons (Fsp3) is 0.250. The van der Waals surface area contributed by atoms with Gasteiger partial charge in [-0.2, -0.15) is 0 Å². The van der Waals surface area contributed by atoms with E-state index in [0.717, 1.165) is 29.4 Å². The van der Waals surface area contributed by atoms with E-state index in [1.54, 1.807) is 11.3 Å². The first-order valence-electron chi connectivity index (χ1n) is 5.14. The highest BCUT2D eigenvalue weighted by Crippen LogP contribution is 2.15. The van der Waals surface area contributed by atoms with Crippen molar-refractivity contribution in [3.05, 3.63) is 45.4 Å². The monoisotopic (exact) mass is 252 g/mol. The molecule has 84 valence electrons. The summed E-state index contributed by atoms with van der Waals surface area (Å²) in [6.07, 6.45) is 0.949. The number of hydrogen-bond donors (Lipinski definition) is 1. The van der Waals surface area contributed by atoms with Gasteiger partial charge in [0.1, 0.15) is 0 Å². The molecule has 4 heteroatoms. The van der Waals surface area contributed by atoms with Crippen LogP contribution in [-0.2, 0) is 6.42 Å². The molecule has 2 aromatic rings. The topological polar surface area (TPSA) is 24.9 Å². The lowest BCUT2D eigenvalue weighted by Gasteiger charge is -2.04. The van der Waals surface area contributed by atoms with Crippen molar-refractivity contribution in [3.8, 4) is 0 Å². The second-order valence-corrected chi connectivity index (χ2v) is 4.95. The summed E-state index contributed by atoms with van der Waals surface area (Å²) in [5, 5.41) is 7.34. The number of nitrogens with one attached hydrogen (secondary N) is 1. The van der Waals surface area contributed by atoms with Crippen molar-refractivity contribution in [3.63, 3.8) is 0 Å². The van der Waals surface area contributed by atoms with Gasteiger partial charge < -0.3 is 5.32 Å². The SMILES string of the molecule is Cc1csc(CCNc2cccc(Cl)c2)n1. The van der Waals surface area contributed by atoms with E-state index in [0.29, 0.717) is 0 Å². The summed E-state index contributed by atoms with van der Waals surface area (Å²) in [7, 11) is 0. The maximum absolute atomic E-state index is 5.89. The van der Waals surface area contributed by atoms with E-state index in [2.05, 4.69) is 15.7 Å². The van der Waals surface area contributed by atoms with Crippen LogP contribution in [-0.4, -0.2) is 11.5 Å². The maximum atomic E-state index is 5.89. The summed E-state index contributed by atoms with van der Waals surface area (Å²) < 4.78 is 0. The van der Waals surface area contributed by atoms with E-state index in [-0.39, 0.29) is 0 Å². The predicted molar refractivity (Wildman–Crippen MR) is 70.5 cm³/mol. The first-order chi connectivity index (χ1) is 7.74. The minimum Gasteiger partial charge on any atom is -0.385 e. The van der Waals surface area contributed by atoms with Crippen molar-refractivity contribution in [2.75, 3.05) is 11.9 Å². The minimum atomic E-state index is 0.759. The Morgan fingerprint density at radius 1 is 1.44 bits per heavy atom. The van der Waals surface area contributed by atoms with E-state index in [1.165, 1.54) is 5.01 Å². The number of thiazole rings is 1. The highest BCUT2D eigenvalue weighted by molar-refractivity contribution is 7.09. The van der Waals surface area contributed by atoms with Crippen molar-refractivity contribution in [2.24, 2.45) is 0 Å². The Bertz CT molecular complexity index is 468. The van der Waals surface area contributed by atoms with Gasteiger partial charge in [0.05, 0.1) is 5.01 Å². The number of halogens is 1. The zero-order valence-electron chi connectivity index (χ0n) is 9.03. The quantitative estimate of drug-likeness (QED) is 0.896. The molecule has 0 aliphatic rings. The Kier molecular flexibility index (Phi) is 3.80. The maximum Gasteiger partial charge on any atom is 0.0945 e. The van der Waals surface area contributed by atoms with Crippen LogP contribution in [0.25, 0.3) is 0 Å². The van der Waals surface area contributed by atoms with Crippen molar-refractivity contribution in [1.82, 2.24) is 4.98 Å². The molecule has 0 fully saturated rings. The van der Waals surface area contributed by atoms with Crippen LogP contribution in [0.2, 0.25) is 5.02 Å². The summed E-state index contributed by atoms with van der Waals surface area (Å²) in [4.78, 5) is 4.41. The van der Waals surface area contributed by atoms with E-state index in [9.17, 15) is 0 Å². The Morgan fingerprint density at radius 2 is 2.31 bits per heavy atom. The molecule has 0 atom stereocenters. The van der Waals surface area contributed by atoms with Gasteiger partial charge in [-0.1, -0.05) is 17.7 Å². The Balaban J connectivity index is 1.84. The number of aromatic nitrogens is 1. The molecule has 0 bridgehead atoms. The van der Waals surface area contributed by atoms with Gasteiger partial charge in [-0.05, 0) is 25.1 Å². The normalized spacial score (nSPS) is 10.4. The highest BCUT2D eigenvalue weighted by atomic mass is 35.5. The summed E-state index contributed by atoms with van der Waals surface area (Å²) >= 11 is 7.60. The number of rotatable bonds is 4. The summed E-state index contributed by atoms with van der Waals surface area (Å²) in [5.74, 6) is 0. The molecule has 0 unspecified atom stereocenters. The lowest BCUT2D eigenvalue weighted by Crippen LogP contribution is -2.04. The molecule has 0 saturated heterocycles. The van der Waals surface area contributed by atoms with Crippen molar-refractivity contribution in [1.29, 1.82) is 0 Å². The second kappa shape index (κ2) is 5.32. The molecule has 0 amide bonds. The Hall–Kier alpha value is -1.06. The molecule has 0 aliphatic heterocycles. The molecular weight excluding hydrogens is 240 g/mol. The molecule has 0 saturated carbocycles. The first-order valence-corrected chi connectivity index (χ1v) is 6.40. The van der Waals surface area contributed by atoms with E-state index in [4.69, 9.17) is 11.6 Å². The number of aryl methyl sites for hydroxylation is 1. The molecule has 0 radical (unpaired) electrons. The second-order valence-electron chi connectivity index (χ2n) is 3.57. The van der Waals surface area contributed by atoms with Crippen LogP contribution < -0.4 is 5.32 Å². The number of anilines is 1. The van der Waals surface area contributed by atoms with Crippen LogP contribution >= 0.6 is 22.9 Å². The third-order valence-electron chi connectivity index (χ3n) is 2.16. The van der Waals surface area contributed by atoms with Gasteiger partial charge in [0, 0.05) is 34.7 Å². The first kappa shape index (κ1) is 11.4. The van der Waals surface area contributed by atoms with Crippen LogP contribution in [0.4, 0.5) is 5.69 Å². The molecular formula is C12H13ClN2S. The average Bonchev–Trinajstić information content (AvgIpc) is 2.64. The summed E-state index contributed by atoms with van der Waals surface area (Å²) in [6.45, 7) is 2.90. The lowest BCUT2D eigenvalue weighted by atomic mass is 10.3.